The van der Waals surface area contributed by atoms with Gasteiger partial charge in [0.1, 0.15) is 11.6 Å². The maximum absolute atomic E-state index is 11.5. The molecule has 0 rings (SSSR count). The van der Waals surface area contributed by atoms with Gasteiger partial charge in [-0.3, -0.25) is 9.59 Å². The zero-order valence-electron chi connectivity index (χ0n) is 9.90. The van der Waals surface area contributed by atoms with Crippen molar-refractivity contribution in [3.63, 3.8) is 0 Å². The molecule has 0 aromatic heterocycles. The SMILES string of the molecule is CC(C)(C)C(=O)CC(=O)C(C)(C)C.[Eu]. The molecule has 0 aromatic carbocycles. The van der Waals surface area contributed by atoms with Gasteiger partial charge in [-0.15, -0.1) is 0 Å². The molecular weight excluding hydrogens is 316 g/mol. The number of rotatable bonds is 2. The van der Waals surface area contributed by atoms with Gasteiger partial charge in [0.05, 0.1) is 6.42 Å². The van der Waals surface area contributed by atoms with Gasteiger partial charge < -0.3 is 0 Å². The predicted octanol–water partition coefficient (Wildman–Crippen LogP) is 2.61. The Morgan fingerprint density at radius 3 is 1.14 bits per heavy atom. The molecule has 83 valence electrons. The summed E-state index contributed by atoms with van der Waals surface area (Å²) >= 11 is 0. The van der Waals surface area contributed by atoms with E-state index in [-0.39, 0.29) is 67.4 Å². The Labute approximate surface area is 128 Å². The van der Waals surface area contributed by atoms with Crippen molar-refractivity contribution in [2.45, 2.75) is 48.0 Å². The molecule has 0 amide bonds. The minimum atomic E-state index is -0.402. The molecule has 3 heteroatoms. The zero-order valence-corrected chi connectivity index (χ0v) is 12.3. The maximum Gasteiger partial charge on any atom is 0.145 e. The van der Waals surface area contributed by atoms with Gasteiger partial charge >= 0.3 is 0 Å². The second-order valence-electron chi connectivity index (χ2n) is 5.52. The van der Waals surface area contributed by atoms with Gasteiger partial charge in [0.25, 0.3) is 0 Å². The molecule has 1 radical (unpaired) electrons. The third-order valence-corrected chi connectivity index (χ3v) is 1.99. The van der Waals surface area contributed by atoms with Gasteiger partial charge in [0.15, 0.2) is 0 Å². The molecule has 0 atom stereocenters. The quantitative estimate of drug-likeness (QED) is 0.727. The van der Waals surface area contributed by atoms with Crippen molar-refractivity contribution >= 4 is 11.6 Å². The monoisotopic (exact) mass is 337 g/mol. The van der Waals surface area contributed by atoms with Gasteiger partial charge in [0, 0.05) is 60.2 Å². The van der Waals surface area contributed by atoms with E-state index in [0.717, 1.165) is 0 Å². The third-order valence-electron chi connectivity index (χ3n) is 1.99. The molecule has 0 fully saturated rings. The summed E-state index contributed by atoms with van der Waals surface area (Å²) in [5.41, 5.74) is -0.804. The minimum absolute atomic E-state index is 0. The van der Waals surface area contributed by atoms with Crippen LogP contribution < -0.4 is 0 Å². The van der Waals surface area contributed by atoms with E-state index in [2.05, 4.69) is 0 Å². The van der Waals surface area contributed by atoms with E-state index >= 15 is 0 Å². The fourth-order valence-corrected chi connectivity index (χ4v) is 0.676. The van der Waals surface area contributed by atoms with Gasteiger partial charge in [-0.05, 0) is 0 Å². The Bertz CT molecular complexity index is 194. The van der Waals surface area contributed by atoms with Gasteiger partial charge in [-0.2, -0.15) is 0 Å². The predicted molar refractivity (Wildman–Crippen MR) is 53.5 cm³/mol. The van der Waals surface area contributed by atoms with Crippen LogP contribution in [0.5, 0.6) is 0 Å². The maximum atomic E-state index is 11.5. The van der Waals surface area contributed by atoms with Crippen LogP contribution in [0.15, 0.2) is 0 Å². The molecule has 14 heavy (non-hydrogen) atoms. The first-order chi connectivity index (χ1) is 5.55. The van der Waals surface area contributed by atoms with E-state index in [9.17, 15) is 9.59 Å². The first-order valence-corrected chi connectivity index (χ1v) is 4.62. The van der Waals surface area contributed by atoms with Crippen molar-refractivity contribution in [3.05, 3.63) is 0 Å². The van der Waals surface area contributed by atoms with Gasteiger partial charge in [-0.1, -0.05) is 41.5 Å². The molecule has 0 aromatic rings. The van der Waals surface area contributed by atoms with Crippen molar-refractivity contribution in [3.8, 4) is 0 Å². The molecular formula is C11H20EuO2. The van der Waals surface area contributed by atoms with Crippen molar-refractivity contribution in [1.82, 2.24) is 0 Å². The minimum Gasteiger partial charge on any atom is -0.299 e. The number of hydrogen-bond acceptors (Lipinski definition) is 2. The van der Waals surface area contributed by atoms with Crippen LogP contribution in [0.25, 0.3) is 0 Å². The summed E-state index contributed by atoms with van der Waals surface area (Å²) in [5.74, 6) is 0.0415. The molecule has 0 aliphatic rings. The van der Waals surface area contributed by atoms with Crippen LogP contribution in [0.3, 0.4) is 0 Å². The Morgan fingerprint density at radius 1 is 0.786 bits per heavy atom. The third kappa shape index (κ3) is 6.42. The normalized spacial score (nSPS) is 11.9. The van der Waals surface area contributed by atoms with E-state index in [1.807, 2.05) is 41.5 Å². The fourth-order valence-electron chi connectivity index (χ4n) is 0.676. The molecule has 0 saturated carbocycles. The second kappa shape index (κ2) is 5.86. The van der Waals surface area contributed by atoms with Gasteiger partial charge in [0.2, 0.25) is 0 Å². The smallest absolute Gasteiger partial charge is 0.145 e. The van der Waals surface area contributed by atoms with Crippen molar-refractivity contribution in [1.29, 1.82) is 0 Å². The molecule has 0 heterocycles. The standard InChI is InChI=1S/C11H20O2.Eu/c1-10(2,3)8(12)7-9(13)11(4,5)6;/h7H2,1-6H3;. The largest absolute Gasteiger partial charge is 0.299 e. The number of ketones is 2. The second-order valence-corrected chi connectivity index (χ2v) is 5.52. The summed E-state index contributed by atoms with van der Waals surface area (Å²) in [4.78, 5) is 23.0. The van der Waals surface area contributed by atoms with E-state index in [4.69, 9.17) is 0 Å². The fraction of sp³-hybridized carbons (Fsp3) is 0.818. The number of hydrogen-bond donors (Lipinski definition) is 0. The first-order valence-electron chi connectivity index (χ1n) is 4.62. The van der Waals surface area contributed by atoms with Crippen LogP contribution in [-0.4, -0.2) is 11.6 Å². The van der Waals surface area contributed by atoms with Crippen molar-refractivity contribution < 1.29 is 59.0 Å². The van der Waals surface area contributed by atoms with Crippen molar-refractivity contribution in [2.75, 3.05) is 0 Å². The summed E-state index contributed by atoms with van der Waals surface area (Å²) < 4.78 is 0. The van der Waals surface area contributed by atoms with E-state index in [0.29, 0.717) is 0 Å². The summed E-state index contributed by atoms with van der Waals surface area (Å²) in [6.07, 6.45) is 0.0625. The molecule has 0 aliphatic carbocycles. The van der Waals surface area contributed by atoms with Gasteiger partial charge in [-0.25, -0.2) is 0 Å². The summed E-state index contributed by atoms with van der Waals surface area (Å²) in [7, 11) is 0. The molecule has 0 spiro atoms. The average Bonchev–Trinajstić information content (AvgIpc) is 1.82. The van der Waals surface area contributed by atoms with Crippen LogP contribution >= 0.6 is 0 Å². The number of carbonyl (C=O) groups excluding carboxylic acids is 2. The Hall–Kier alpha value is 0.924. The first kappa shape index (κ1) is 17.3. The number of carbonyl (C=O) groups is 2. The van der Waals surface area contributed by atoms with Crippen LogP contribution in [0.1, 0.15) is 48.0 Å². The van der Waals surface area contributed by atoms with Crippen LogP contribution in [0.2, 0.25) is 0 Å². The Balaban J connectivity index is 0. The Kier molecular flexibility index (Phi) is 7.25. The summed E-state index contributed by atoms with van der Waals surface area (Å²) in [5, 5.41) is 0. The molecule has 0 unspecified atom stereocenters. The summed E-state index contributed by atoms with van der Waals surface area (Å²) in [6.45, 7) is 11.0. The zero-order chi connectivity index (χ0) is 10.9. The van der Waals surface area contributed by atoms with Crippen LogP contribution in [0.4, 0.5) is 0 Å². The van der Waals surface area contributed by atoms with E-state index < -0.39 is 10.8 Å². The summed E-state index contributed by atoms with van der Waals surface area (Å²) in [6, 6.07) is 0. The number of Topliss-reactive ketones (excluding diaryl/α,β-unsaturated/α-hetero) is 2. The van der Waals surface area contributed by atoms with Crippen molar-refractivity contribution in [2.24, 2.45) is 10.8 Å². The van der Waals surface area contributed by atoms with E-state index in [1.165, 1.54) is 0 Å². The topological polar surface area (TPSA) is 34.1 Å². The Morgan fingerprint density at radius 2 is 1.00 bits per heavy atom. The average molecular weight is 336 g/mol. The molecule has 0 saturated heterocycles. The molecule has 2 nitrogen and oxygen atoms in total. The van der Waals surface area contributed by atoms with Crippen LogP contribution in [-0.2, 0) is 9.59 Å². The van der Waals surface area contributed by atoms with E-state index in [1.54, 1.807) is 0 Å². The molecule has 0 N–H and O–H groups in total. The van der Waals surface area contributed by atoms with Crippen LogP contribution in [0, 0.1) is 60.2 Å². The molecule has 0 bridgehead atoms. The molecule has 0 aliphatic heterocycles.